The van der Waals surface area contributed by atoms with Crippen molar-refractivity contribution < 1.29 is 440 Å². The normalized spacial score (nSPS) is 9.16. The summed E-state index contributed by atoms with van der Waals surface area (Å²) >= 11 is 0. The molecule has 0 saturated carbocycles. The number of rotatable bonds is 25. The first-order valence-corrected chi connectivity index (χ1v) is 15.6. The van der Waals surface area contributed by atoms with Gasteiger partial charge >= 0.3 is 379 Å². The summed E-state index contributed by atoms with van der Waals surface area (Å²) in [7, 11) is 0. The predicted octanol–water partition coefficient (Wildman–Crippen LogP) is -54.4. The van der Waals surface area contributed by atoms with Crippen LogP contribution in [-0.2, 0) is 71.9 Å². The third-order valence-corrected chi connectivity index (χ3v) is 6.27. The van der Waals surface area contributed by atoms with E-state index >= 15 is 0 Å². The largest absolute Gasteiger partial charge is 2.00 e. The van der Waals surface area contributed by atoms with Crippen LogP contribution in [0.1, 0.15) is 64.2 Å². The van der Waals surface area contributed by atoms with Gasteiger partial charge in [-0.05, 0) is 0 Å². The van der Waals surface area contributed by atoms with Crippen molar-refractivity contribution in [2.45, 2.75) is 92.2 Å². The third kappa shape index (κ3) is 69.6. The number of hydrogen-bond acceptors (Lipinski definition) is 35. The molecule has 0 bridgehead atoms. The van der Waals surface area contributed by atoms with Gasteiger partial charge in [0.1, 0.15) is 28.0 Å². The molecule has 0 heterocycles. The minimum absolute atomic E-state index is 0. The van der Waals surface area contributed by atoms with E-state index in [9.17, 15) is 149 Å². The molecule has 370 valence electrons. The minimum atomic E-state index is -2.97. The zero-order chi connectivity index (χ0) is 53.2. The van der Waals surface area contributed by atoms with E-state index in [0.29, 0.717) is 0 Å². The molecule has 0 amide bonds. The van der Waals surface area contributed by atoms with Gasteiger partial charge in [-0.3, -0.25) is 0 Å². The van der Waals surface area contributed by atoms with Gasteiger partial charge in [0.15, 0.2) is 0 Å². The van der Waals surface area contributed by atoms with Gasteiger partial charge in [-0.1, -0.05) is 0 Å². The van der Waals surface area contributed by atoms with Crippen LogP contribution in [0.3, 0.4) is 0 Å². The Morgan fingerprint density at radius 3 is 0.273 bits per heavy atom. The quantitative estimate of drug-likeness (QED) is 0.0530. The fourth-order valence-corrected chi connectivity index (χ4v) is 3.42. The Kier molecular flexibility index (Phi) is 105. The molecule has 0 aromatic carbocycles. The summed E-state index contributed by atoms with van der Waals surface area (Å²) < 4.78 is 0. The van der Waals surface area contributed by atoms with Gasteiger partial charge < -0.3 is 174 Å². The number of carboxylic acids is 15. The zero-order valence-corrected chi connectivity index (χ0v) is 67.3. The van der Waals surface area contributed by atoms with Gasteiger partial charge in [-0.15, -0.1) is 0 Å². The summed E-state index contributed by atoms with van der Waals surface area (Å²) in [4.78, 5) is 150. The summed E-state index contributed by atoms with van der Waals surface area (Å²) in [6.45, 7) is 0. The molecule has 35 nitrogen and oxygen atoms in total. The number of carbonyl (C=O) groups is 15. The molecule has 0 spiro atoms. The molecule has 0 aliphatic rings. The van der Waals surface area contributed by atoms with Crippen molar-refractivity contribution in [3.63, 3.8) is 0 Å². The SMILES string of the molecule is O=C([O-])CC(O)(CC(=O)[O-])C(=O)[O-].O=C([O-])CC(O)(CC(=O)[O-])C(=O)[O-].O=C([O-])CC(O)(CC(=O)[O-])C(=O)[O-].O=C([O-])CC(O)(CC(=O)[O-])C(=O)[O-].O=C([O-])CC(O)(CC(=O)[O-])C(=O)[O-].[Ca+2].[Ca+2].[Ca+2].[Na+].[Na+].[Na+].[Na+].[Na+].[Na+].[Na+].[Na+].[Na+]. The molecule has 0 aliphatic heterocycles. The van der Waals surface area contributed by atoms with Crippen molar-refractivity contribution in [3.8, 4) is 0 Å². The molecule has 5 N–H and O–H groups in total. The average Bonchev–Trinajstić information content (AvgIpc) is 3.01. The Labute approximate surface area is 720 Å². The Morgan fingerprint density at radius 2 is 0.247 bits per heavy atom. The monoisotopic (exact) mass is 1270 g/mol. The van der Waals surface area contributed by atoms with E-state index in [-0.39, 0.29) is 379 Å². The maximum absolute atomic E-state index is 10.1. The molecule has 0 aromatic heterocycles. The van der Waals surface area contributed by atoms with Gasteiger partial charge in [0.05, 0.1) is 29.8 Å². The predicted molar refractivity (Wildman–Crippen MR) is 163 cm³/mol. The molecular formula is C30H25Ca3Na9O35. The second kappa shape index (κ2) is 63.6. The molecule has 0 rings (SSSR count). The van der Waals surface area contributed by atoms with Crippen LogP contribution in [0, 0.1) is 0 Å². The zero-order valence-electron chi connectivity index (χ0n) is 42.7. The van der Waals surface area contributed by atoms with Crippen molar-refractivity contribution in [2.75, 3.05) is 0 Å². The summed E-state index contributed by atoms with van der Waals surface area (Å²) in [5.41, 5.74) is -14.9. The van der Waals surface area contributed by atoms with Gasteiger partial charge in [0.25, 0.3) is 0 Å². The van der Waals surface area contributed by atoms with Crippen LogP contribution < -0.4 is 343 Å². The van der Waals surface area contributed by atoms with Crippen LogP contribution in [0.5, 0.6) is 0 Å². The maximum atomic E-state index is 10.1. The van der Waals surface area contributed by atoms with Crippen molar-refractivity contribution in [1.29, 1.82) is 0 Å². The van der Waals surface area contributed by atoms with Gasteiger partial charge in [0.2, 0.25) is 0 Å². The van der Waals surface area contributed by atoms with E-state index in [1.54, 1.807) is 0 Å². The van der Waals surface area contributed by atoms with E-state index in [4.69, 9.17) is 25.5 Å². The molecule has 77 heavy (non-hydrogen) atoms. The molecule has 0 aliphatic carbocycles. The Hall–Kier alpha value is 4.63. The van der Waals surface area contributed by atoms with E-state index in [1.807, 2.05) is 0 Å². The van der Waals surface area contributed by atoms with Crippen molar-refractivity contribution >= 4 is 203 Å². The van der Waals surface area contributed by atoms with Crippen LogP contribution in [0.2, 0.25) is 0 Å². The number of aliphatic carboxylic acids is 15. The second-order valence-electron chi connectivity index (χ2n) is 12.1. The van der Waals surface area contributed by atoms with Crippen LogP contribution in [0.4, 0.5) is 0 Å². The smallest absolute Gasteiger partial charge is 0.550 e. The number of aliphatic hydroxyl groups is 5. The van der Waals surface area contributed by atoms with E-state index in [2.05, 4.69) is 0 Å². The topological polar surface area (TPSA) is 703 Å². The first-order chi connectivity index (χ1) is 28.9. The van der Waals surface area contributed by atoms with E-state index in [0.717, 1.165) is 0 Å². The molecule has 0 atom stereocenters. The second-order valence-corrected chi connectivity index (χ2v) is 12.1. The number of hydrogen-bond donors (Lipinski definition) is 5. The van der Waals surface area contributed by atoms with E-state index in [1.165, 1.54) is 0 Å². The third-order valence-electron chi connectivity index (χ3n) is 6.27. The first-order valence-electron chi connectivity index (χ1n) is 15.6. The summed E-state index contributed by atoms with van der Waals surface area (Å²) in [6.07, 6.45) is -13.6. The molecule has 0 aromatic rings. The Morgan fingerprint density at radius 1 is 0.195 bits per heavy atom. The number of carbonyl (C=O) groups excluding carboxylic acids is 15. The molecule has 0 fully saturated rings. The Balaban J connectivity index is -0.0000000375. The van der Waals surface area contributed by atoms with Crippen LogP contribution in [0.15, 0.2) is 0 Å². The van der Waals surface area contributed by atoms with Crippen molar-refractivity contribution in [3.05, 3.63) is 0 Å². The Bertz CT molecular complexity index is 1500. The van der Waals surface area contributed by atoms with Gasteiger partial charge in [-0.2, -0.15) is 0 Å². The summed E-state index contributed by atoms with van der Waals surface area (Å²) in [5, 5.41) is 195. The van der Waals surface area contributed by atoms with Gasteiger partial charge in [0, 0.05) is 124 Å². The molecule has 0 saturated heterocycles. The van der Waals surface area contributed by atoms with Crippen LogP contribution in [-0.4, -0.2) is 256 Å². The summed E-state index contributed by atoms with van der Waals surface area (Å²) in [5.74, 6) is -29.9. The molecular weight excluding hydrogens is 1250 g/mol. The van der Waals surface area contributed by atoms with Crippen LogP contribution in [0.25, 0.3) is 0 Å². The standard InChI is InChI=1S/5C6H8O7.3Ca.9Na/c5*7-3(8)1-6(13,5(11)12)2-4(9)10;;;;;;;;;;;;/h5*13H,1-2H2,(H,7,8)(H,9,10)(H,11,12);;;;;;;;;;;;/q;;;;;3*+2;9*+1/p-15. The number of carboxylic acid groups (broad SMARTS) is 15. The van der Waals surface area contributed by atoms with Crippen molar-refractivity contribution in [2.24, 2.45) is 0 Å². The summed E-state index contributed by atoms with van der Waals surface area (Å²) in [6, 6.07) is 0. The molecule has 47 heteroatoms. The fourth-order valence-electron chi connectivity index (χ4n) is 3.42. The minimum Gasteiger partial charge on any atom is -0.550 e. The maximum Gasteiger partial charge on any atom is 2.00 e. The van der Waals surface area contributed by atoms with Crippen molar-refractivity contribution in [1.82, 2.24) is 0 Å². The van der Waals surface area contributed by atoms with Gasteiger partial charge in [-0.25, -0.2) is 0 Å². The fraction of sp³-hybridized carbons (Fsp3) is 0.500. The van der Waals surface area contributed by atoms with Crippen LogP contribution >= 0.6 is 0 Å². The average molecular weight is 1270 g/mol. The molecule has 0 unspecified atom stereocenters. The first kappa shape index (κ1) is 127. The van der Waals surface area contributed by atoms with E-state index < -0.39 is 182 Å². The molecule has 0 radical (unpaired) electrons.